The molecule has 0 unspecified atom stereocenters. The molecule has 100 valence electrons. The van der Waals surface area contributed by atoms with Crippen molar-refractivity contribution in [2.75, 3.05) is 17.2 Å². The molecule has 4 nitrogen and oxygen atoms in total. The fourth-order valence-electron chi connectivity index (χ4n) is 1.83. The smallest absolute Gasteiger partial charge is 0.225 e. The highest BCUT2D eigenvalue weighted by atomic mass is 79.9. The van der Waals surface area contributed by atoms with Crippen molar-refractivity contribution in [3.8, 4) is 0 Å². The molecule has 0 spiro atoms. The lowest BCUT2D eigenvalue weighted by Crippen LogP contribution is -2.25. The Hall–Kier alpha value is -1.62. The summed E-state index contributed by atoms with van der Waals surface area (Å²) in [7, 11) is 0. The van der Waals surface area contributed by atoms with Gasteiger partial charge in [-0.3, -0.25) is 0 Å². The monoisotopic (exact) mass is 320 g/mol. The van der Waals surface area contributed by atoms with Crippen LogP contribution in [0.5, 0.6) is 0 Å². The van der Waals surface area contributed by atoms with Gasteiger partial charge in [0.25, 0.3) is 0 Å². The molecule has 19 heavy (non-hydrogen) atoms. The minimum absolute atomic E-state index is 0.752. The first-order valence-corrected chi connectivity index (χ1v) is 7.05. The number of benzene rings is 1. The number of hydrogen-bond donors (Lipinski definition) is 1. The zero-order valence-corrected chi connectivity index (χ0v) is 12.5. The Balaban J connectivity index is 2.15. The van der Waals surface area contributed by atoms with Crippen molar-refractivity contribution in [2.24, 2.45) is 0 Å². The molecule has 0 bridgehead atoms. The van der Waals surface area contributed by atoms with E-state index >= 15 is 0 Å². The maximum Gasteiger partial charge on any atom is 0.225 e. The van der Waals surface area contributed by atoms with E-state index in [-0.39, 0.29) is 0 Å². The maximum absolute atomic E-state index is 5.70. The summed E-state index contributed by atoms with van der Waals surface area (Å²) >= 11 is 3.35. The second-order valence-corrected chi connectivity index (χ2v) is 5.28. The van der Waals surface area contributed by atoms with Crippen LogP contribution in [0.3, 0.4) is 0 Å². The van der Waals surface area contributed by atoms with Gasteiger partial charge in [0.2, 0.25) is 5.95 Å². The Morgan fingerprint density at radius 1 is 1.16 bits per heavy atom. The summed E-state index contributed by atoms with van der Waals surface area (Å²) in [4.78, 5) is 10.9. The third-order valence-electron chi connectivity index (χ3n) is 2.74. The molecular weight excluding hydrogens is 304 g/mol. The predicted octanol–water partition coefficient (Wildman–Crippen LogP) is 3.24. The summed E-state index contributed by atoms with van der Waals surface area (Å²) in [6.45, 7) is 3.86. The summed E-state index contributed by atoms with van der Waals surface area (Å²) in [5.41, 5.74) is 7.69. The quantitative estimate of drug-likeness (QED) is 0.859. The highest BCUT2D eigenvalue weighted by molar-refractivity contribution is 9.10. The zero-order valence-electron chi connectivity index (χ0n) is 10.9. The maximum atomic E-state index is 5.70. The van der Waals surface area contributed by atoms with Crippen LogP contribution in [0.1, 0.15) is 18.9 Å². The van der Waals surface area contributed by atoms with E-state index in [0.717, 1.165) is 35.6 Å². The molecule has 2 N–H and O–H groups in total. The lowest BCUT2D eigenvalue weighted by Gasteiger charge is -2.22. The molecule has 0 saturated heterocycles. The molecule has 1 heterocycles. The lowest BCUT2D eigenvalue weighted by molar-refractivity contribution is 0.738. The van der Waals surface area contributed by atoms with Crippen LogP contribution in [0.2, 0.25) is 0 Å². The molecule has 0 aliphatic heterocycles. The van der Waals surface area contributed by atoms with Gasteiger partial charge in [-0.2, -0.15) is 0 Å². The SMILES string of the molecule is CCCN(Cc1ccc(N)cc1)c1ncc(Br)cn1. The molecule has 1 aromatic carbocycles. The molecule has 2 rings (SSSR count). The van der Waals surface area contributed by atoms with Gasteiger partial charge in [-0.25, -0.2) is 9.97 Å². The van der Waals surface area contributed by atoms with Gasteiger partial charge in [-0.1, -0.05) is 19.1 Å². The number of nitrogen functional groups attached to an aromatic ring is 1. The van der Waals surface area contributed by atoms with Gasteiger partial charge in [0.1, 0.15) is 0 Å². The number of aromatic nitrogens is 2. The summed E-state index contributed by atoms with van der Waals surface area (Å²) in [5.74, 6) is 0.752. The topological polar surface area (TPSA) is 55.0 Å². The normalized spacial score (nSPS) is 10.4. The largest absolute Gasteiger partial charge is 0.399 e. The molecule has 0 aliphatic rings. The molecule has 0 radical (unpaired) electrons. The van der Waals surface area contributed by atoms with E-state index in [1.807, 2.05) is 24.3 Å². The fraction of sp³-hybridized carbons (Fsp3) is 0.286. The Kier molecular flexibility index (Phi) is 4.74. The van der Waals surface area contributed by atoms with E-state index in [1.165, 1.54) is 5.56 Å². The van der Waals surface area contributed by atoms with E-state index < -0.39 is 0 Å². The van der Waals surface area contributed by atoms with Crippen molar-refractivity contribution in [1.29, 1.82) is 0 Å². The van der Waals surface area contributed by atoms with Crippen LogP contribution in [0, 0.1) is 0 Å². The van der Waals surface area contributed by atoms with E-state index in [0.29, 0.717) is 0 Å². The van der Waals surface area contributed by atoms with E-state index in [2.05, 4.69) is 37.7 Å². The summed E-state index contributed by atoms with van der Waals surface area (Å²) in [6, 6.07) is 7.91. The van der Waals surface area contributed by atoms with Crippen LogP contribution in [-0.4, -0.2) is 16.5 Å². The van der Waals surface area contributed by atoms with E-state index in [9.17, 15) is 0 Å². The zero-order chi connectivity index (χ0) is 13.7. The van der Waals surface area contributed by atoms with Crippen molar-refractivity contribution >= 4 is 27.6 Å². The van der Waals surface area contributed by atoms with Crippen LogP contribution in [-0.2, 0) is 6.54 Å². The van der Waals surface area contributed by atoms with Crippen LogP contribution in [0.25, 0.3) is 0 Å². The van der Waals surface area contributed by atoms with Gasteiger partial charge in [-0.15, -0.1) is 0 Å². The minimum Gasteiger partial charge on any atom is -0.399 e. The molecule has 0 atom stereocenters. The van der Waals surface area contributed by atoms with Gasteiger partial charge in [0.05, 0.1) is 4.47 Å². The van der Waals surface area contributed by atoms with Crippen molar-refractivity contribution < 1.29 is 0 Å². The average molecular weight is 321 g/mol. The Morgan fingerprint density at radius 2 is 1.79 bits per heavy atom. The highest BCUT2D eigenvalue weighted by Gasteiger charge is 2.09. The Bertz CT molecular complexity index is 510. The first-order valence-electron chi connectivity index (χ1n) is 6.26. The second-order valence-electron chi connectivity index (χ2n) is 4.36. The molecule has 2 aromatic rings. The van der Waals surface area contributed by atoms with Gasteiger partial charge in [-0.05, 0) is 40.0 Å². The molecule has 0 aliphatic carbocycles. The van der Waals surface area contributed by atoms with Gasteiger partial charge >= 0.3 is 0 Å². The Morgan fingerprint density at radius 3 is 2.37 bits per heavy atom. The van der Waals surface area contributed by atoms with Crippen LogP contribution < -0.4 is 10.6 Å². The molecule has 0 amide bonds. The highest BCUT2D eigenvalue weighted by Crippen LogP contribution is 2.15. The standard InChI is InChI=1S/C14H17BrN4/c1-2-7-19(14-17-8-12(15)9-18-14)10-11-3-5-13(16)6-4-11/h3-6,8-9H,2,7,10,16H2,1H3. The number of hydrogen-bond acceptors (Lipinski definition) is 4. The molecule has 5 heteroatoms. The predicted molar refractivity (Wildman–Crippen MR) is 81.9 cm³/mol. The van der Waals surface area contributed by atoms with Crippen LogP contribution in [0.4, 0.5) is 11.6 Å². The first kappa shape index (κ1) is 13.8. The van der Waals surface area contributed by atoms with Gasteiger partial charge in [0, 0.05) is 31.2 Å². The minimum atomic E-state index is 0.752. The second kappa shape index (κ2) is 6.52. The van der Waals surface area contributed by atoms with Crippen molar-refractivity contribution in [3.05, 3.63) is 46.7 Å². The van der Waals surface area contributed by atoms with Crippen molar-refractivity contribution in [1.82, 2.24) is 9.97 Å². The number of halogens is 1. The summed E-state index contributed by atoms with van der Waals surface area (Å²) < 4.78 is 0.889. The third kappa shape index (κ3) is 3.92. The third-order valence-corrected chi connectivity index (χ3v) is 3.15. The van der Waals surface area contributed by atoms with Crippen LogP contribution in [0.15, 0.2) is 41.1 Å². The molecule has 0 saturated carbocycles. The van der Waals surface area contributed by atoms with Crippen molar-refractivity contribution in [3.63, 3.8) is 0 Å². The van der Waals surface area contributed by atoms with E-state index in [4.69, 9.17) is 5.73 Å². The van der Waals surface area contributed by atoms with Gasteiger partial charge in [0.15, 0.2) is 0 Å². The Labute approximate surface area is 121 Å². The number of nitrogens with two attached hydrogens (primary N) is 1. The molecular formula is C14H17BrN4. The van der Waals surface area contributed by atoms with E-state index in [1.54, 1.807) is 12.4 Å². The lowest BCUT2D eigenvalue weighted by atomic mass is 10.2. The first-order chi connectivity index (χ1) is 9.19. The number of anilines is 2. The van der Waals surface area contributed by atoms with Crippen molar-refractivity contribution in [2.45, 2.75) is 19.9 Å². The summed E-state index contributed by atoms with van der Waals surface area (Å²) in [5, 5.41) is 0. The number of rotatable bonds is 5. The molecule has 0 fully saturated rings. The molecule has 1 aromatic heterocycles. The average Bonchev–Trinajstić information content (AvgIpc) is 2.42. The number of nitrogens with zero attached hydrogens (tertiary/aromatic N) is 3. The van der Waals surface area contributed by atoms with Crippen LogP contribution >= 0.6 is 15.9 Å². The fourth-order valence-corrected chi connectivity index (χ4v) is 2.04. The van der Waals surface area contributed by atoms with Gasteiger partial charge < -0.3 is 10.6 Å². The summed E-state index contributed by atoms with van der Waals surface area (Å²) in [6.07, 6.45) is 4.59.